The van der Waals surface area contributed by atoms with Crippen LogP contribution >= 0.6 is 0 Å². The van der Waals surface area contributed by atoms with E-state index >= 15 is 0 Å². The highest BCUT2D eigenvalue weighted by Crippen LogP contribution is 2.14. The smallest absolute Gasteiger partial charge is 0.0699 e. The molecule has 2 unspecified atom stereocenters. The molecular formula is C7H15NO2S. The summed E-state index contributed by atoms with van der Waals surface area (Å²) >= 11 is 0. The minimum absolute atomic E-state index is 0.0972. The topological polar surface area (TPSA) is 50.2 Å². The first-order chi connectivity index (χ1) is 5.14. The van der Waals surface area contributed by atoms with Crippen molar-refractivity contribution in [2.45, 2.75) is 25.9 Å². The van der Waals surface area contributed by atoms with Gasteiger partial charge in [-0.1, -0.05) is 6.92 Å². The van der Waals surface area contributed by atoms with E-state index in [4.69, 9.17) is 9.52 Å². The van der Waals surface area contributed by atoms with Gasteiger partial charge in [0.15, 0.2) is 0 Å². The predicted octanol–water partition coefficient (Wildman–Crippen LogP) is 1.23. The number of nitrogens with one attached hydrogen (secondary N) is 1. The van der Waals surface area contributed by atoms with Crippen LogP contribution in [0.25, 0.3) is 0 Å². The van der Waals surface area contributed by atoms with Crippen molar-refractivity contribution in [3.63, 3.8) is 0 Å². The highest BCUT2D eigenvalue weighted by molar-refractivity contribution is 7.92. The third kappa shape index (κ3) is 2.79. The zero-order valence-electron chi connectivity index (χ0n) is 6.84. The van der Waals surface area contributed by atoms with Crippen molar-refractivity contribution in [1.82, 2.24) is 0 Å². The Balaban J connectivity index is 2.41. The highest BCUT2D eigenvalue weighted by atomic mass is 32.2. The highest BCUT2D eigenvalue weighted by Gasteiger charge is 2.19. The Morgan fingerprint density at radius 1 is 1.73 bits per heavy atom. The Morgan fingerprint density at radius 3 is 2.91 bits per heavy atom. The molecule has 0 aliphatic carbocycles. The lowest BCUT2D eigenvalue weighted by Gasteiger charge is -2.10. The van der Waals surface area contributed by atoms with Crippen molar-refractivity contribution in [2.75, 3.05) is 18.1 Å². The first-order valence-electron chi connectivity index (χ1n) is 4.00. The van der Waals surface area contributed by atoms with Crippen molar-refractivity contribution in [3.8, 4) is 0 Å². The van der Waals surface area contributed by atoms with E-state index < -0.39 is 9.73 Å². The van der Waals surface area contributed by atoms with Gasteiger partial charge in [0.05, 0.1) is 11.9 Å². The Hall–Kier alpha value is -0.0900. The van der Waals surface area contributed by atoms with Crippen molar-refractivity contribution in [3.05, 3.63) is 0 Å². The first-order valence-corrected chi connectivity index (χ1v) is 5.89. The summed E-state index contributed by atoms with van der Waals surface area (Å²) in [7, 11) is -2.33. The van der Waals surface area contributed by atoms with Gasteiger partial charge in [0.1, 0.15) is 0 Å². The van der Waals surface area contributed by atoms with Crippen molar-refractivity contribution < 1.29 is 8.95 Å². The van der Waals surface area contributed by atoms with Crippen molar-refractivity contribution >= 4 is 9.73 Å². The van der Waals surface area contributed by atoms with Crippen molar-refractivity contribution in [1.29, 1.82) is 4.78 Å². The average Bonchev–Trinajstić information content (AvgIpc) is 2.39. The normalized spacial score (nSPS) is 30.1. The van der Waals surface area contributed by atoms with E-state index in [1.165, 1.54) is 0 Å². The molecule has 0 saturated carbocycles. The molecule has 4 heteroatoms. The lowest BCUT2D eigenvalue weighted by Crippen LogP contribution is -2.20. The fourth-order valence-electron chi connectivity index (χ4n) is 1.19. The monoisotopic (exact) mass is 177 g/mol. The summed E-state index contributed by atoms with van der Waals surface area (Å²) < 4.78 is 24.0. The van der Waals surface area contributed by atoms with Crippen LogP contribution in [0.1, 0.15) is 19.8 Å². The second kappa shape index (κ2) is 3.54. The summed E-state index contributed by atoms with van der Waals surface area (Å²) in [5.41, 5.74) is 0. The molecule has 66 valence electrons. The van der Waals surface area contributed by atoms with Crippen LogP contribution in [0.3, 0.4) is 0 Å². The summed E-state index contributed by atoms with van der Waals surface area (Å²) in [5.74, 6) is 0.885. The van der Waals surface area contributed by atoms with Gasteiger partial charge in [-0.2, -0.15) is 0 Å². The summed E-state index contributed by atoms with van der Waals surface area (Å²) in [5, 5.41) is 0. The summed E-state index contributed by atoms with van der Waals surface area (Å²) in [6, 6.07) is 0. The van der Waals surface area contributed by atoms with Gasteiger partial charge in [-0.25, -0.2) is 4.21 Å². The van der Waals surface area contributed by atoms with Crippen LogP contribution in [0, 0.1) is 4.78 Å². The number of rotatable bonds is 3. The molecule has 0 aromatic rings. The van der Waals surface area contributed by atoms with Gasteiger partial charge in [-0.15, -0.1) is 0 Å². The SMILES string of the molecule is CCS(=N)(=O)CC1CCCO1. The maximum atomic E-state index is 11.3. The van der Waals surface area contributed by atoms with Crippen molar-refractivity contribution in [2.24, 2.45) is 0 Å². The second-order valence-electron chi connectivity index (χ2n) is 2.90. The molecule has 0 bridgehead atoms. The number of hydrogen-bond acceptors (Lipinski definition) is 3. The molecule has 1 aliphatic rings. The largest absolute Gasteiger partial charge is 0.377 e. The van der Waals surface area contributed by atoms with Gasteiger partial charge in [0.25, 0.3) is 0 Å². The maximum Gasteiger partial charge on any atom is 0.0699 e. The van der Waals surface area contributed by atoms with E-state index in [0.29, 0.717) is 11.5 Å². The molecule has 1 fully saturated rings. The Labute approximate surface area is 68.1 Å². The third-order valence-electron chi connectivity index (χ3n) is 1.95. The Bertz CT molecular complexity index is 204. The van der Waals surface area contributed by atoms with E-state index in [1.54, 1.807) is 6.92 Å². The molecule has 0 amide bonds. The van der Waals surface area contributed by atoms with E-state index in [2.05, 4.69) is 0 Å². The van der Waals surface area contributed by atoms with Crippen LogP contribution in [0.15, 0.2) is 0 Å². The van der Waals surface area contributed by atoms with E-state index in [-0.39, 0.29) is 6.10 Å². The number of ether oxygens (including phenoxy) is 1. The fourth-order valence-corrected chi connectivity index (χ4v) is 2.29. The van der Waals surface area contributed by atoms with E-state index in [0.717, 1.165) is 19.4 Å². The molecule has 1 saturated heterocycles. The second-order valence-corrected chi connectivity index (χ2v) is 5.44. The van der Waals surface area contributed by atoms with Crippen LogP contribution in [0.2, 0.25) is 0 Å². The van der Waals surface area contributed by atoms with Gasteiger partial charge in [0.2, 0.25) is 0 Å². The van der Waals surface area contributed by atoms with Gasteiger partial charge in [0, 0.05) is 22.1 Å². The van der Waals surface area contributed by atoms with Gasteiger partial charge in [-0.3, -0.25) is 4.78 Å². The summed E-state index contributed by atoms with van der Waals surface area (Å²) in [6.07, 6.45) is 2.14. The quantitative estimate of drug-likeness (QED) is 0.705. The van der Waals surface area contributed by atoms with Gasteiger partial charge < -0.3 is 4.74 Å². The lowest BCUT2D eigenvalue weighted by atomic mass is 10.3. The third-order valence-corrected chi connectivity index (χ3v) is 3.79. The maximum absolute atomic E-state index is 11.3. The molecule has 1 rings (SSSR count). The van der Waals surface area contributed by atoms with Crippen LogP contribution in [-0.2, 0) is 14.5 Å². The Kier molecular flexibility index (Phi) is 2.90. The molecule has 0 aromatic carbocycles. The minimum atomic E-state index is -2.33. The molecule has 0 radical (unpaired) electrons. The molecule has 0 aromatic heterocycles. The summed E-state index contributed by atoms with van der Waals surface area (Å²) in [6.45, 7) is 2.58. The fraction of sp³-hybridized carbons (Fsp3) is 1.00. The van der Waals surface area contributed by atoms with Gasteiger partial charge >= 0.3 is 0 Å². The molecule has 2 atom stereocenters. The first kappa shape index (κ1) is 9.00. The molecule has 3 nitrogen and oxygen atoms in total. The zero-order valence-corrected chi connectivity index (χ0v) is 7.65. The van der Waals surface area contributed by atoms with Crippen LogP contribution < -0.4 is 0 Å². The molecule has 11 heavy (non-hydrogen) atoms. The molecule has 0 spiro atoms. The summed E-state index contributed by atoms with van der Waals surface area (Å²) in [4.78, 5) is 0. The van der Waals surface area contributed by atoms with Crippen LogP contribution in [-0.4, -0.2) is 28.4 Å². The lowest BCUT2D eigenvalue weighted by molar-refractivity contribution is 0.128. The van der Waals surface area contributed by atoms with Gasteiger partial charge in [-0.05, 0) is 12.8 Å². The Morgan fingerprint density at radius 2 is 2.45 bits per heavy atom. The molecular weight excluding hydrogens is 162 g/mol. The van der Waals surface area contributed by atoms with Crippen LogP contribution in [0.5, 0.6) is 0 Å². The zero-order chi connectivity index (χ0) is 8.32. The van der Waals surface area contributed by atoms with E-state index in [1.807, 2.05) is 0 Å². The van der Waals surface area contributed by atoms with E-state index in [9.17, 15) is 4.21 Å². The standard InChI is InChI=1S/C7H15NO2S/c1-2-11(8,9)6-7-4-3-5-10-7/h7-8H,2-6H2,1H3. The molecule has 1 N–H and O–H groups in total. The molecule has 1 heterocycles. The van der Waals surface area contributed by atoms with Crippen LogP contribution in [0.4, 0.5) is 0 Å². The predicted molar refractivity (Wildman–Crippen MR) is 45.2 cm³/mol. The minimum Gasteiger partial charge on any atom is -0.377 e. The number of hydrogen-bond donors (Lipinski definition) is 1. The average molecular weight is 177 g/mol. The molecule has 1 aliphatic heterocycles.